The summed E-state index contributed by atoms with van der Waals surface area (Å²) >= 11 is 3.35. The lowest BCUT2D eigenvalue weighted by Crippen LogP contribution is -2.18. The molecule has 0 saturated carbocycles. The highest BCUT2D eigenvalue weighted by molar-refractivity contribution is 9.10. The second-order valence-corrected chi connectivity index (χ2v) is 6.02. The van der Waals surface area contributed by atoms with Crippen LogP contribution in [0.4, 0.5) is 0 Å². The van der Waals surface area contributed by atoms with Crippen molar-refractivity contribution in [3.05, 3.63) is 58.1 Å². The molecule has 1 amide bonds. The Labute approximate surface area is 156 Å². The molecule has 0 heterocycles. The lowest BCUT2D eigenvalue weighted by Gasteiger charge is -2.11. The molecule has 1 N–H and O–H groups in total. The quantitative estimate of drug-likeness (QED) is 0.523. The van der Waals surface area contributed by atoms with Crippen LogP contribution in [0.2, 0.25) is 0 Å². The molecule has 0 atom stereocenters. The number of amides is 1. The zero-order valence-electron chi connectivity index (χ0n) is 14.3. The minimum atomic E-state index is -0.281. The minimum Gasteiger partial charge on any atom is -0.490 e. The van der Waals surface area contributed by atoms with Gasteiger partial charge in [-0.2, -0.15) is 5.10 Å². The standard InChI is InChI=1S/C19H21BrN2O3/c1-3-11-25-17-10-9-14(12-18(17)24-4-2)13-21-22-19(23)15-7-5-6-8-16(15)20/h5-10,12-13H,3-4,11H2,1-2H3,(H,22,23)/b21-13-. The van der Waals surface area contributed by atoms with Crippen LogP contribution in [0.5, 0.6) is 11.5 Å². The number of hydrazone groups is 1. The number of nitrogens with zero attached hydrogens (tertiary/aromatic N) is 1. The average Bonchev–Trinajstić information content (AvgIpc) is 2.61. The third-order valence-electron chi connectivity index (χ3n) is 3.23. The molecule has 0 saturated heterocycles. The van der Waals surface area contributed by atoms with E-state index in [2.05, 4.69) is 33.4 Å². The smallest absolute Gasteiger partial charge is 0.272 e. The summed E-state index contributed by atoms with van der Waals surface area (Å²) in [5.41, 5.74) is 3.85. The minimum absolute atomic E-state index is 0.281. The Morgan fingerprint density at radius 3 is 2.68 bits per heavy atom. The lowest BCUT2D eigenvalue weighted by molar-refractivity contribution is 0.0954. The first-order valence-corrected chi connectivity index (χ1v) is 8.92. The number of ether oxygens (including phenoxy) is 2. The summed E-state index contributed by atoms with van der Waals surface area (Å²) in [7, 11) is 0. The van der Waals surface area contributed by atoms with Gasteiger partial charge < -0.3 is 9.47 Å². The van der Waals surface area contributed by atoms with Crippen LogP contribution in [-0.4, -0.2) is 25.3 Å². The molecular formula is C19H21BrN2O3. The molecule has 6 heteroatoms. The zero-order valence-corrected chi connectivity index (χ0v) is 15.9. The van der Waals surface area contributed by atoms with Gasteiger partial charge in [0.1, 0.15) is 0 Å². The second kappa shape index (κ2) is 9.84. The number of carbonyl (C=O) groups is 1. The van der Waals surface area contributed by atoms with Crippen molar-refractivity contribution >= 4 is 28.1 Å². The van der Waals surface area contributed by atoms with E-state index in [-0.39, 0.29) is 5.91 Å². The predicted molar refractivity (Wildman–Crippen MR) is 103 cm³/mol. The Morgan fingerprint density at radius 1 is 1.16 bits per heavy atom. The number of halogens is 1. The van der Waals surface area contributed by atoms with Gasteiger partial charge in [0.25, 0.3) is 5.91 Å². The van der Waals surface area contributed by atoms with Crippen LogP contribution < -0.4 is 14.9 Å². The van der Waals surface area contributed by atoms with E-state index in [0.717, 1.165) is 16.5 Å². The van der Waals surface area contributed by atoms with Gasteiger partial charge in [0.15, 0.2) is 11.5 Å². The fourth-order valence-corrected chi connectivity index (χ4v) is 2.54. The molecule has 0 fully saturated rings. The molecule has 0 aliphatic heterocycles. The second-order valence-electron chi connectivity index (χ2n) is 5.17. The van der Waals surface area contributed by atoms with Crippen LogP contribution in [0.3, 0.4) is 0 Å². The molecular weight excluding hydrogens is 384 g/mol. The molecule has 0 bridgehead atoms. The summed E-state index contributed by atoms with van der Waals surface area (Å²) in [5.74, 6) is 1.09. The monoisotopic (exact) mass is 404 g/mol. The topological polar surface area (TPSA) is 59.9 Å². The predicted octanol–water partition coefficient (Wildman–Crippen LogP) is 4.40. The van der Waals surface area contributed by atoms with E-state index in [1.165, 1.54) is 0 Å². The van der Waals surface area contributed by atoms with Gasteiger partial charge in [-0.1, -0.05) is 19.1 Å². The summed E-state index contributed by atoms with van der Waals surface area (Å²) in [5, 5.41) is 4.01. The van der Waals surface area contributed by atoms with Crippen molar-refractivity contribution in [3.63, 3.8) is 0 Å². The molecule has 0 aliphatic rings. The van der Waals surface area contributed by atoms with Crippen molar-refractivity contribution < 1.29 is 14.3 Å². The maximum atomic E-state index is 12.1. The number of nitrogens with one attached hydrogen (secondary N) is 1. The van der Waals surface area contributed by atoms with Gasteiger partial charge in [0.2, 0.25) is 0 Å². The van der Waals surface area contributed by atoms with E-state index < -0.39 is 0 Å². The van der Waals surface area contributed by atoms with Gasteiger partial charge in [-0.25, -0.2) is 5.43 Å². The first-order chi connectivity index (χ1) is 12.2. The van der Waals surface area contributed by atoms with Gasteiger partial charge in [0.05, 0.1) is 25.0 Å². The molecule has 0 aromatic heterocycles. The molecule has 2 aromatic carbocycles. The zero-order chi connectivity index (χ0) is 18.1. The van der Waals surface area contributed by atoms with Crippen LogP contribution in [0.25, 0.3) is 0 Å². The highest BCUT2D eigenvalue weighted by atomic mass is 79.9. The molecule has 2 rings (SSSR count). The van der Waals surface area contributed by atoms with Crippen molar-refractivity contribution in [2.45, 2.75) is 20.3 Å². The lowest BCUT2D eigenvalue weighted by atomic mass is 10.2. The highest BCUT2D eigenvalue weighted by Gasteiger charge is 2.08. The number of carbonyl (C=O) groups excluding carboxylic acids is 1. The normalized spacial score (nSPS) is 10.7. The van der Waals surface area contributed by atoms with Crippen molar-refractivity contribution in [2.75, 3.05) is 13.2 Å². The molecule has 5 nitrogen and oxygen atoms in total. The highest BCUT2D eigenvalue weighted by Crippen LogP contribution is 2.28. The molecule has 0 unspecified atom stereocenters. The van der Waals surface area contributed by atoms with Crippen LogP contribution in [-0.2, 0) is 0 Å². The number of hydrogen-bond donors (Lipinski definition) is 1. The first kappa shape index (κ1) is 19.0. The molecule has 2 aromatic rings. The van der Waals surface area contributed by atoms with E-state index in [0.29, 0.717) is 30.3 Å². The van der Waals surface area contributed by atoms with Crippen molar-refractivity contribution in [1.29, 1.82) is 0 Å². The van der Waals surface area contributed by atoms with Gasteiger partial charge in [-0.3, -0.25) is 4.79 Å². The van der Waals surface area contributed by atoms with Crippen molar-refractivity contribution in [2.24, 2.45) is 5.10 Å². The van der Waals surface area contributed by atoms with E-state index in [1.54, 1.807) is 18.3 Å². The van der Waals surface area contributed by atoms with Gasteiger partial charge in [-0.15, -0.1) is 0 Å². The molecule has 25 heavy (non-hydrogen) atoms. The molecule has 0 spiro atoms. The number of rotatable bonds is 8. The Morgan fingerprint density at radius 2 is 1.96 bits per heavy atom. The van der Waals surface area contributed by atoms with Crippen LogP contribution in [0.15, 0.2) is 52.0 Å². The van der Waals surface area contributed by atoms with Gasteiger partial charge >= 0.3 is 0 Å². The van der Waals surface area contributed by atoms with E-state index in [1.807, 2.05) is 37.3 Å². The SMILES string of the molecule is CCCOc1ccc(/C=N\NC(=O)c2ccccc2Br)cc1OCC. The summed E-state index contributed by atoms with van der Waals surface area (Å²) in [6.45, 7) is 5.15. The molecule has 0 aliphatic carbocycles. The molecule has 0 radical (unpaired) electrons. The number of benzene rings is 2. The van der Waals surface area contributed by atoms with Crippen LogP contribution in [0.1, 0.15) is 36.2 Å². The Kier molecular flexibility index (Phi) is 7.47. The Bertz CT molecular complexity index is 747. The third kappa shape index (κ3) is 5.60. The van der Waals surface area contributed by atoms with E-state index in [4.69, 9.17) is 9.47 Å². The van der Waals surface area contributed by atoms with E-state index in [9.17, 15) is 4.79 Å². The largest absolute Gasteiger partial charge is 0.490 e. The number of hydrogen-bond acceptors (Lipinski definition) is 4. The first-order valence-electron chi connectivity index (χ1n) is 8.13. The summed E-state index contributed by atoms with van der Waals surface area (Å²) in [6, 6.07) is 12.7. The third-order valence-corrected chi connectivity index (χ3v) is 3.92. The fourth-order valence-electron chi connectivity index (χ4n) is 2.08. The Balaban J connectivity index is 2.06. The van der Waals surface area contributed by atoms with Crippen molar-refractivity contribution in [3.8, 4) is 11.5 Å². The van der Waals surface area contributed by atoms with Crippen molar-refractivity contribution in [1.82, 2.24) is 5.43 Å². The maximum Gasteiger partial charge on any atom is 0.272 e. The fraction of sp³-hybridized carbons (Fsp3) is 0.263. The average molecular weight is 405 g/mol. The maximum absolute atomic E-state index is 12.1. The van der Waals surface area contributed by atoms with E-state index >= 15 is 0 Å². The van der Waals surface area contributed by atoms with Crippen LogP contribution in [0, 0.1) is 0 Å². The summed E-state index contributed by atoms with van der Waals surface area (Å²) in [6.07, 6.45) is 2.50. The van der Waals surface area contributed by atoms with Gasteiger partial charge in [0, 0.05) is 4.47 Å². The van der Waals surface area contributed by atoms with Crippen LogP contribution >= 0.6 is 15.9 Å². The van der Waals surface area contributed by atoms with Gasteiger partial charge in [-0.05, 0) is 65.2 Å². The summed E-state index contributed by atoms with van der Waals surface area (Å²) in [4.78, 5) is 12.1. The summed E-state index contributed by atoms with van der Waals surface area (Å²) < 4.78 is 12.0. The molecule has 132 valence electrons. The Hall–Kier alpha value is -2.34.